The van der Waals surface area contributed by atoms with Gasteiger partial charge in [-0.25, -0.2) is 13.2 Å². The molecule has 2 N–H and O–H groups in total. The average Bonchev–Trinajstić information content (AvgIpc) is 2.85. The number of fused-ring (bicyclic) bond motifs is 3. The van der Waals surface area contributed by atoms with E-state index in [1.807, 2.05) is 0 Å². The molecule has 2 aromatic carbocycles. The monoisotopic (exact) mass is 472 g/mol. The highest BCUT2D eigenvalue weighted by Gasteiger charge is 2.51. The Morgan fingerprint density at radius 3 is 2.30 bits per heavy atom. The molecule has 1 amide bonds. The zero-order chi connectivity index (χ0) is 23.6. The van der Waals surface area contributed by atoms with Crippen LogP contribution < -0.4 is 5.32 Å². The van der Waals surface area contributed by atoms with Gasteiger partial charge in [0.1, 0.15) is 17.8 Å². The molecular weight excluding hydrogens is 444 g/mol. The van der Waals surface area contributed by atoms with Crippen molar-refractivity contribution in [2.75, 3.05) is 7.11 Å². The Bertz CT molecular complexity index is 1100. The first-order valence-corrected chi connectivity index (χ1v) is 12.5. The zero-order valence-electron chi connectivity index (χ0n) is 18.4. The molecule has 9 heteroatoms. The van der Waals surface area contributed by atoms with Crippen LogP contribution >= 0.6 is 0 Å². The molecule has 2 aromatic rings. The van der Waals surface area contributed by atoms with Gasteiger partial charge in [0.15, 0.2) is 0 Å². The first kappa shape index (κ1) is 23.3. The lowest BCUT2D eigenvalue weighted by molar-refractivity contribution is -0.146. The van der Waals surface area contributed by atoms with E-state index in [-0.39, 0.29) is 29.0 Å². The normalized spacial score (nSPS) is 23.6. The number of benzene rings is 2. The molecule has 1 saturated carbocycles. The van der Waals surface area contributed by atoms with Crippen molar-refractivity contribution in [3.8, 4) is 5.75 Å². The number of phenolic OH excluding ortho intramolecular Hbond substituents is 1. The number of carbonyl (C=O) groups is 2. The van der Waals surface area contributed by atoms with Crippen molar-refractivity contribution < 1.29 is 27.9 Å². The van der Waals surface area contributed by atoms with Crippen LogP contribution in [0.15, 0.2) is 59.5 Å². The molecule has 3 aliphatic rings. The molecule has 0 spiro atoms. The molecule has 0 aromatic heterocycles. The maximum Gasteiger partial charge on any atom is 0.328 e. The Labute approximate surface area is 193 Å². The number of piperidine rings is 2. The van der Waals surface area contributed by atoms with Crippen LogP contribution in [0.5, 0.6) is 5.75 Å². The second kappa shape index (κ2) is 9.52. The number of aromatic hydroxyl groups is 1. The lowest BCUT2D eigenvalue weighted by Crippen LogP contribution is -2.63. The maximum absolute atomic E-state index is 13.5. The van der Waals surface area contributed by atoms with Gasteiger partial charge >= 0.3 is 5.97 Å². The van der Waals surface area contributed by atoms with Gasteiger partial charge in [-0.1, -0.05) is 30.3 Å². The minimum Gasteiger partial charge on any atom is -0.508 e. The fraction of sp³-hybridized carbons (Fsp3) is 0.417. The molecule has 3 fully saturated rings. The Morgan fingerprint density at radius 1 is 1.06 bits per heavy atom. The van der Waals surface area contributed by atoms with Gasteiger partial charge in [0.2, 0.25) is 15.9 Å². The lowest BCUT2D eigenvalue weighted by Gasteiger charge is -2.49. The molecule has 0 radical (unpaired) electrons. The molecule has 2 saturated heterocycles. The Morgan fingerprint density at radius 2 is 1.70 bits per heavy atom. The molecule has 176 valence electrons. The highest BCUT2D eigenvalue weighted by atomic mass is 32.2. The molecule has 5 rings (SSSR count). The van der Waals surface area contributed by atoms with E-state index in [0.717, 1.165) is 18.4 Å². The van der Waals surface area contributed by atoms with E-state index >= 15 is 0 Å². The van der Waals surface area contributed by atoms with Crippen LogP contribution in [0.25, 0.3) is 0 Å². The fourth-order valence-corrected chi connectivity index (χ4v) is 6.87. The van der Waals surface area contributed by atoms with Crippen molar-refractivity contribution in [1.82, 2.24) is 9.62 Å². The van der Waals surface area contributed by atoms with Crippen LogP contribution in [-0.2, 0) is 30.8 Å². The minimum absolute atomic E-state index is 0.0948. The van der Waals surface area contributed by atoms with E-state index in [1.54, 1.807) is 30.3 Å². The summed E-state index contributed by atoms with van der Waals surface area (Å²) in [6, 6.07) is 12.4. The van der Waals surface area contributed by atoms with Gasteiger partial charge in [-0.05, 0) is 61.4 Å². The van der Waals surface area contributed by atoms with E-state index in [2.05, 4.69) is 5.32 Å². The molecule has 8 nitrogen and oxygen atoms in total. The Balaban J connectivity index is 1.61. The number of phenols is 1. The van der Waals surface area contributed by atoms with Crippen molar-refractivity contribution in [2.45, 2.75) is 55.1 Å². The van der Waals surface area contributed by atoms with E-state index in [4.69, 9.17) is 4.74 Å². The number of carbonyl (C=O) groups excluding carboxylic acids is 2. The third kappa shape index (κ3) is 4.74. The highest BCUT2D eigenvalue weighted by molar-refractivity contribution is 7.89. The molecule has 2 aliphatic heterocycles. The van der Waals surface area contributed by atoms with E-state index in [1.165, 1.54) is 35.7 Å². The van der Waals surface area contributed by atoms with Gasteiger partial charge in [0, 0.05) is 12.5 Å². The molecule has 2 atom stereocenters. The highest BCUT2D eigenvalue weighted by Crippen LogP contribution is 2.42. The lowest BCUT2D eigenvalue weighted by atomic mass is 9.76. The van der Waals surface area contributed by atoms with Crippen LogP contribution in [0.1, 0.15) is 31.2 Å². The van der Waals surface area contributed by atoms with Crippen molar-refractivity contribution in [3.63, 3.8) is 0 Å². The summed E-state index contributed by atoms with van der Waals surface area (Å²) in [6.07, 6.45) is 3.13. The van der Waals surface area contributed by atoms with Gasteiger partial charge < -0.3 is 15.2 Å². The first-order valence-electron chi connectivity index (χ1n) is 11.1. The number of ether oxygens (including phenoxy) is 1. The summed E-state index contributed by atoms with van der Waals surface area (Å²) >= 11 is 0. The van der Waals surface area contributed by atoms with Crippen molar-refractivity contribution >= 4 is 21.9 Å². The summed E-state index contributed by atoms with van der Waals surface area (Å²) in [4.78, 5) is 26.1. The van der Waals surface area contributed by atoms with Gasteiger partial charge in [-0.15, -0.1) is 0 Å². The molecule has 2 bridgehead atoms. The first-order chi connectivity index (χ1) is 15.8. The largest absolute Gasteiger partial charge is 0.508 e. The summed E-state index contributed by atoms with van der Waals surface area (Å²) in [5.74, 6) is -1.12. The Hall–Kier alpha value is -2.91. The van der Waals surface area contributed by atoms with Crippen LogP contribution in [0.2, 0.25) is 0 Å². The summed E-state index contributed by atoms with van der Waals surface area (Å²) in [6.45, 7) is 0. The van der Waals surface area contributed by atoms with E-state index in [9.17, 15) is 23.1 Å². The number of sulfonamides is 1. The summed E-state index contributed by atoms with van der Waals surface area (Å²) in [7, 11) is -2.64. The maximum atomic E-state index is 13.5. The molecule has 1 aliphatic carbocycles. The second-order valence-corrected chi connectivity index (χ2v) is 10.5. The second-order valence-electron chi connectivity index (χ2n) is 8.62. The van der Waals surface area contributed by atoms with Crippen LogP contribution in [0, 0.1) is 5.92 Å². The van der Waals surface area contributed by atoms with Crippen LogP contribution in [-0.4, -0.2) is 54.9 Å². The SMILES string of the molecule is COC(=O)C(Cc1ccc(O)cc1)NC(=O)C1C2CCC(CC2)N1S(=O)(=O)c1ccccc1. The standard InChI is InChI=1S/C24H28N2O6S/c1-32-24(29)21(15-16-7-13-19(27)14-8-16)25-23(28)22-17-9-11-18(12-10-17)26(22)33(30,31)20-5-3-2-4-6-20/h2-8,13-14,17-18,21-22,27H,9-12,15H2,1H3,(H,25,28). The van der Waals surface area contributed by atoms with Crippen molar-refractivity contribution in [2.24, 2.45) is 5.92 Å². The third-order valence-electron chi connectivity index (χ3n) is 6.59. The summed E-state index contributed by atoms with van der Waals surface area (Å²) < 4.78 is 33.3. The number of nitrogens with zero attached hydrogens (tertiary/aromatic N) is 1. The smallest absolute Gasteiger partial charge is 0.328 e. The van der Waals surface area contributed by atoms with Gasteiger partial charge in [0.05, 0.1) is 12.0 Å². The van der Waals surface area contributed by atoms with Crippen LogP contribution in [0.4, 0.5) is 0 Å². The van der Waals surface area contributed by atoms with Crippen molar-refractivity contribution in [1.29, 1.82) is 0 Å². The number of esters is 1. The number of hydrogen-bond donors (Lipinski definition) is 2. The van der Waals surface area contributed by atoms with E-state index < -0.39 is 34.0 Å². The predicted molar refractivity (Wildman–Crippen MR) is 121 cm³/mol. The molecular formula is C24H28N2O6S. The number of rotatable bonds is 7. The van der Waals surface area contributed by atoms with Gasteiger partial charge in [0.25, 0.3) is 0 Å². The predicted octanol–water partition coefficient (Wildman–Crippen LogP) is 2.22. The molecule has 2 unspecified atom stereocenters. The topological polar surface area (TPSA) is 113 Å². The number of nitrogens with one attached hydrogen (secondary N) is 1. The average molecular weight is 473 g/mol. The molecule has 33 heavy (non-hydrogen) atoms. The summed E-state index contributed by atoms with van der Waals surface area (Å²) in [5.41, 5.74) is 0.724. The Kier molecular flexibility index (Phi) is 6.71. The van der Waals surface area contributed by atoms with Gasteiger partial charge in [-0.2, -0.15) is 4.31 Å². The van der Waals surface area contributed by atoms with E-state index in [0.29, 0.717) is 12.8 Å². The third-order valence-corrected chi connectivity index (χ3v) is 8.54. The number of hydrogen-bond acceptors (Lipinski definition) is 6. The summed E-state index contributed by atoms with van der Waals surface area (Å²) in [5, 5.41) is 12.3. The minimum atomic E-state index is -3.88. The van der Waals surface area contributed by atoms with Gasteiger partial charge in [-0.3, -0.25) is 4.79 Å². The number of methoxy groups -OCH3 is 1. The fourth-order valence-electron chi connectivity index (χ4n) is 4.96. The van der Waals surface area contributed by atoms with Crippen LogP contribution in [0.3, 0.4) is 0 Å². The number of amides is 1. The molecule has 2 heterocycles. The van der Waals surface area contributed by atoms with Crippen molar-refractivity contribution in [3.05, 3.63) is 60.2 Å². The quantitative estimate of drug-likeness (QED) is 0.598. The zero-order valence-corrected chi connectivity index (χ0v) is 19.2.